The van der Waals surface area contributed by atoms with Gasteiger partial charge in [0.2, 0.25) is 11.1 Å². The maximum Gasteiger partial charge on any atom is 0.240 e. The summed E-state index contributed by atoms with van der Waals surface area (Å²) in [6, 6.07) is 16.9. The zero-order valence-electron chi connectivity index (χ0n) is 14.6. The first-order valence-corrected chi connectivity index (χ1v) is 9.91. The number of aromatic nitrogens is 3. The Kier molecular flexibility index (Phi) is 5.05. The Bertz CT molecular complexity index is 962. The van der Waals surface area contributed by atoms with Gasteiger partial charge < -0.3 is 10.7 Å². The molecule has 2 heterocycles. The van der Waals surface area contributed by atoms with Crippen LogP contribution in [0.1, 0.15) is 24.4 Å². The van der Waals surface area contributed by atoms with E-state index >= 15 is 0 Å². The van der Waals surface area contributed by atoms with Gasteiger partial charge in [-0.05, 0) is 17.7 Å². The monoisotopic (exact) mass is 399 g/mol. The molecule has 0 saturated carbocycles. The molecule has 27 heavy (non-hydrogen) atoms. The fourth-order valence-corrected chi connectivity index (χ4v) is 4.29. The van der Waals surface area contributed by atoms with Crippen LogP contribution in [0.25, 0.3) is 0 Å². The summed E-state index contributed by atoms with van der Waals surface area (Å²) in [4.78, 5) is 13.1. The van der Waals surface area contributed by atoms with E-state index in [-0.39, 0.29) is 11.9 Å². The van der Waals surface area contributed by atoms with E-state index in [0.29, 0.717) is 15.9 Å². The molecule has 8 heteroatoms. The molecule has 1 aliphatic heterocycles. The largest absolute Gasteiger partial charge is 0.324 e. The van der Waals surface area contributed by atoms with Crippen LogP contribution in [-0.4, -0.2) is 26.0 Å². The highest BCUT2D eigenvalue weighted by atomic mass is 35.5. The van der Waals surface area contributed by atoms with E-state index in [1.54, 1.807) is 12.1 Å². The summed E-state index contributed by atoms with van der Waals surface area (Å²) in [6.07, 6.45) is 0.749. The number of fused-ring (bicyclic) bond motifs is 1. The first kappa shape index (κ1) is 17.9. The number of benzene rings is 2. The third-order valence-corrected chi connectivity index (χ3v) is 5.91. The Hall–Kier alpha value is -2.51. The van der Waals surface area contributed by atoms with E-state index < -0.39 is 5.25 Å². The molecule has 6 nitrogen and oxygen atoms in total. The molecule has 0 saturated heterocycles. The van der Waals surface area contributed by atoms with Crippen LogP contribution in [0.4, 0.5) is 5.69 Å². The Morgan fingerprint density at radius 2 is 1.93 bits per heavy atom. The first-order valence-electron chi connectivity index (χ1n) is 8.65. The van der Waals surface area contributed by atoms with Crippen molar-refractivity contribution in [3.05, 3.63) is 71.0 Å². The highest BCUT2D eigenvalue weighted by Crippen LogP contribution is 2.37. The van der Waals surface area contributed by atoms with Crippen LogP contribution in [0.3, 0.4) is 0 Å². The molecule has 4 rings (SSSR count). The van der Waals surface area contributed by atoms with Gasteiger partial charge >= 0.3 is 0 Å². The molecule has 0 aliphatic carbocycles. The van der Waals surface area contributed by atoms with E-state index in [2.05, 4.69) is 20.9 Å². The number of nitrogens with zero attached hydrogens (tertiary/aromatic N) is 3. The van der Waals surface area contributed by atoms with Crippen LogP contribution >= 0.6 is 23.4 Å². The Morgan fingerprint density at radius 1 is 1.19 bits per heavy atom. The van der Waals surface area contributed by atoms with Crippen molar-refractivity contribution in [2.24, 2.45) is 0 Å². The smallest absolute Gasteiger partial charge is 0.240 e. The minimum Gasteiger partial charge on any atom is -0.324 e. The van der Waals surface area contributed by atoms with Gasteiger partial charge in [-0.1, -0.05) is 72.8 Å². The lowest BCUT2D eigenvalue weighted by molar-refractivity contribution is -0.116. The standard InChI is InChI=1S/C19H18ClN5OS/c1-2-15-22-23-19-25(15)24-16(12-8-4-3-5-9-12)17(27-19)18(26)21-14-11-7-6-10-13(14)20/h3-11,16-17,24H,2H2,1H3,(H,21,26)/t16-,17-/m1/s1. The third kappa shape index (κ3) is 3.52. The zero-order chi connectivity index (χ0) is 18.8. The minimum atomic E-state index is -0.426. The first-order chi connectivity index (χ1) is 13.2. The van der Waals surface area contributed by atoms with E-state index in [4.69, 9.17) is 11.6 Å². The van der Waals surface area contributed by atoms with Crippen LogP contribution in [0.5, 0.6) is 0 Å². The molecule has 0 spiro atoms. The number of anilines is 1. The summed E-state index contributed by atoms with van der Waals surface area (Å²) >= 11 is 7.60. The number of hydrogen-bond donors (Lipinski definition) is 2. The zero-order valence-corrected chi connectivity index (χ0v) is 16.2. The molecule has 0 radical (unpaired) electrons. The van der Waals surface area contributed by atoms with Crippen LogP contribution in [0.2, 0.25) is 5.02 Å². The SMILES string of the molecule is CCc1nnc2n1N[C@H](c1ccccc1)[C@H](C(=O)Nc1ccccc1Cl)S2. The van der Waals surface area contributed by atoms with Crippen molar-refractivity contribution >= 4 is 35.0 Å². The Morgan fingerprint density at radius 3 is 2.67 bits per heavy atom. The molecule has 3 aromatic rings. The predicted molar refractivity (Wildman–Crippen MR) is 108 cm³/mol. The second-order valence-electron chi connectivity index (χ2n) is 6.11. The van der Waals surface area contributed by atoms with Crippen molar-refractivity contribution in [2.45, 2.75) is 29.8 Å². The van der Waals surface area contributed by atoms with Gasteiger partial charge in [-0.25, -0.2) is 4.68 Å². The number of hydrogen-bond acceptors (Lipinski definition) is 5. The van der Waals surface area contributed by atoms with Gasteiger partial charge in [0.25, 0.3) is 0 Å². The molecule has 2 aromatic carbocycles. The summed E-state index contributed by atoms with van der Waals surface area (Å²) in [7, 11) is 0. The molecule has 1 aliphatic rings. The lowest BCUT2D eigenvalue weighted by atomic mass is 10.0. The number of amides is 1. The summed E-state index contributed by atoms with van der Waals surface area (Å²) in [5.74, 6) is 0.699. The van der Waals surface area contributed by atoms with Crippen LogP contribution in [-0.2, 0) is 11.2 Å². The van der Waals surface area contributed by atoms with Gasteiger partial charge in [-0.2, -0.15) is 0 Å². The molecule has 2 N–H and O–H groups in total. The number of thioether (sulfide) groups is 1. The molecule has 0 unspecified atom stereocenters. The molecule has 1 amide bonds. The minimum absolute atomic E-state index is 0.137. The van der Waals surface area contributed by atoms with E-state index in [1.807, 2.05) is 54.1 Å². The van der Waals surface area contributed by atoms with E-state index in [1.165, 1.54) is 11.8 Å². The van der Waals surface area contributed by atoms with E-state index in [0.717, 1.165) is 17.8 Å². The number of nitrogens with one attached hydrogen (secondary N) is 2. The van der Waals surface area contributed by atoms with Gasteiger partial charge in [-0.3, -0.25) is 4.79 Å². The highest BCUT2D eigenvalue weighted by Gasteiger charge is 2.37. The van der Waals surface area contributed by atoms with Gasteiger partial charge in [0.1, 0.15) is 5.25 Å². The predicted octanol–water partition coefficient (Wildman–Crippen LogP) is 3.89. The van der Waals surface area contributed by atoms with Gasteiger partial charge in [0.05, 0.1) is 16.8 Å². The van der Waals surface area contributed by atoms with Crippen molar-refractivity contribution in [3.63, 3.8) is 0 Å². The normalized spacial score (nSPS) is 18.4. The number of aryl methyl sites for hydroxylation is 1. The van der Waals surface area contributed by atoms with Crippen molar-refractivity contribution in [3.8, 4) is 0 Å². The van der Waals surface area contributed by atoms with Crippen molar-refractivity contribution in [2.75, 3.05) is 10.7 Å². The van der Waals surface area contributed by atoms with Crippen molar-refractivity contribution in [1.82, 2.24) is 14.9 Å². The summed E-state index contributed by atoms with van der Waals surface area (Å²) < 4.78 is 1.88. The average Bonchev–Trinajstić information content (AvgIpc) is 3.11. The Balaban J connectivity index is 1.68. The van der Waals surface area contributed by atoms with E-state index in [9.17, 15) is 4.79 Å². The van der Waals surface area contributed by atoms with Crippen LogP contribution in [0, 0.1) is 0 Å². The molecular formula is C19H18ClN5OS. The van der Waals surface area contributed by atoms with Crippen LogP contribution in [0.15, 0.2) is 59.8 Å². The Labute approximate surface area is 166 Å². The molecule has 1 aromatic heterocycles. The number of rotatable bonds is 4. The topological polar surface area (TPSA) is 71.8 Å². The van der Waals surface area contributed by atoms with Crippen molar-refractivity contribution in [1.29, 1.82) is 0 Å². The number of carbonyl (C=O) groups is 1. The van der Waals surface area contributed by atoms with Gasteiger partial charge in [-0.15, -0.1) is 10.2 Å². The number of halogens is 1. The molecular weight excluding hydrogens is 382 g/mol. The quantitative estimate of drug-likeness (QED) is 0.696. The summed E-state index contributed by atoms with van der Waals surface area (Å²) in [6.45, 7) is 2.03. The summed E-state index contributed by atoms with van der Waals surface area (Å²) in [5, 5.41) is 12.1. The number of carbonyl (C=O) groups excluding carboxylic acids is 1. The van der Waals surface area contributed by atoms with Gasteiger partial charge in [0, 0.05) is 6.42 Å². The maximum atomic E-state index is 13.1. The molecule has 138 valence electrons. The fourth-order valence-electron chi connectivity index (χ4n) is 3.00. The second-order valence-corrected chi connectivity index (χ2v) is 7.63. The number of para-hydroxylation sites is 1. The summed E-state index contributed by atoms with van der Waals surface area (Å²) in [5.41, 5.74) is 5.04. The third-order valence-electron chi connectivity index (χ3n) is 4.37. The fraction of sp³-hybridized carbons (Fsp3) is 0.211. The molecule has 0 bridgehead atoms. The average molecular weight is 400 g/mol. The molecule has 0 fully saturated rings. The maximum absolute atomic E-state index is 13.1. The van der Waals surface area contributed by atoms with Crippen LogP contribution < -0.4 is 10.7 Å². The second kappa shape index (κ2) is 7.62. The molecule has 2 atom stereocenters. The highest BCUT2D eigenvalue weighted by molar-refractivity contribution is 8.00. The lowest BCUT2D eigenvalue weighted by Crippen LogP contribution is -2.41. The lowest BCUT2D eigenvalue weighted by Gasteiger charge is -2.33. The van der Waals surface area contributed by atoms with Crippen molar-refractivity contribution < 1.29 is 4.79 Å². The van der Waals surface area contributed by atoms with Gasteiger partial charge in [0.15, 0.2) is 5.82 Å².